The predicted molar refractivity (Wildman–Crippen MR) is 76.3 cm³/mol. The molecular weight excluding hydrogens is 418 g/mol. The molecule has 3 rings (SSSR count). The van der Waals surface area contributed by atoms with Crippen molar-refractivity contribution in [3.05, 3.63) is 36.2 Å². The minimum atomic E-state index is -0.105. The van der Waals surface area contributed by atoms with Crippen LogP contribution in [0.4, 0.5) is 0 Å². The molecule has 0 radical (unpaired) electrons. The van der Waals surface area contributed by atoms with Crippen LogP contribution in [0.1, 0.15) is 44.2 Å². The summed E-state index contributed by atoms with van der Waals surface area (Å²) in [5.74, 6) is 2.05. The number of allylic oxidation sites excluding steroid dienone is 1. The van der Waals surface area contributed by atoms with Crippen LogP contribution in [-0.4, -0.2) is 16.2 Å². The zero-order valence-corrected chi connectivity index (χ0v) is 14.7. The van der Waals surface area contributed by atoms with E-state index in [0.717, 1.165) is 30.4 Å². The molecule has 20 heavy (non-hydrogen) atoms. The van der Waals surface area contributed by atoms with Crippen molar-refractivity contribution in [2.24, 2.45) is 17.8 Å². The topological polar surface area (TPSA) is 33.1 Å². The third kappa shape index (κ3) is 3.80. The fourth-order valence-corrected chi connectivity index (χ4v) is 3.90. The molecule has 2 fully saturated rings. The van der Waals surface area contributed by atoms with E-state index < -0.39 is 0 Å². The Hall–Kier alpha value is -0.462. The predicted octanol–water partition coefficient (Wildman–Crippen LogP) is 3.47. The summed E-state index contributed by atoms with van der Waals surface area (Å²) in [5, 5.41) is 10.1. The van der Waals surface area contributed by atoms with E-state index in [1.807, 2.05) is 12.1 Å². The molecule has 2 nitrogen and oxygen atoms in total. The Kier molecular flexibility index (Phi) is 5.98. The third-order valence-corrected chi connectivity index (χ3v) is 4.79. The SMILES string of the molecule is O[C@H]1C[C@@H]2CCCC[C@H]2[C@H](/C=C/c2cc[c-]cn2)C1.[W]. The number of hydrogen-bond acceptors (Lipinski definition) is 2. The molecule has 4 atom stereocenters. The molecule has 0 bridgehead atoms. The van der Waals surface area contributed by atoms with Gasteiger partial charge in [0.1, 0.15) is 0 Å². The zero-order chi connectivity index (χ0) is 13.1. The molecule has 0 saturated heterocycles. The van der Waals surface area contributed by atoms with Gasteiger partial charge in [0.15, 0.2) is 0 Å². The summed E-state index contributed by atoms with van der Waals surface area (Å²) < 4.78 is 0. The second-order valence-electron chi connectivity index (χ2n) is 6.04. The number of aliphatic hydroxyl groups is 1. The first-order valence-electron chi connectivity index (χ1n) is 7.51. The minimum Gasteiger partial charge on any atom is -0.393 e. The molecule has 108 valence electrons. The second-order valence-corrected chi connectivity index (χ2v) is 6.04. The van der Waals surface area contributed by atoms with Gasteiger partial charge in [0, 0.05) is 21.1 Å². The zero-order valence-electron chi connectivity index (χ0n) is 11.7. The second kappa shape index (κ2) is 7.52. The molecule has 0 aliphatic heterocycles. The van der Waals surface area contributed by atoms with Crippen molar-refractivity contribution in [2.45, 2.75) is 44.6 Å². The van der Waals surface area contributed by atoms with Gasteiger partial charge in [-0.3, -0.25) is 4.98 Å². The first-order chi connectivity index (χ1) is 9.33. The summed E-state index contributed by atoms with van der Waals surface area (Å²) in [4.78, 5) is 4.28. The number of pyridine rings is 1. The Morgan fingerprint density at radius 2 is 2.10 bits per heavy atom. The first kappa shape index (κ1) is 15.9. The van der Waals surface area contributed by atoms with Crippen molar-refractivity contribution in [2.75, 3.05) is 0 Å². The number of hydrogen-bond donors (Lipinski definition) is 1. The molecule has 0 spiro atoms. The maximum absolute atomic E-state index is 10.1. The van der Waals surface area contributed by atoms with Gasteiger partial charge in [0.25, 0.3) is 0 Å². The van der Waals surface area contributed by atoms with E-state index in [2.05, 4.69) is 23.2 Å². The molecule has 0 aromatic carbocycles. The summed E-state index contributed by atoms with van der Waals surface area (Å²) in [6.07, 6.45) is 13.3. The molecule has 2 saturated carbocycles. The van der Waals surface area contributed by atoms with E-state index in [-0.39, 0.29) is 27.2 Å². The van der Waals surface area contributed by atoms with Crippen LogP contribution in [0, 0.1) is 23.8 Å². The molecule has 2 aliphatic carbocycles. The standard InChI is InChI=1S/C17H22NO.W/c19-16-11-13-5-1-2-7-17(13)14(12-16)8-9-15-6-3-4-10-18-15;/h3,6,8-10,13-14,16-17,19H,1-2,5,7,11-12H2;/q-1;/b9-8+;/t13-,14+,16-,17+;/m0./s1. The quantitative estimate of drug-likeness (QED) is 0.715. The summed E-state index contributed by atoms with van der Waals surface area (Å²) in [6.45, 7) is 0. The number of nitrogens with zero attached hydrogens (tertiary/aromatic N) is 1. The van der Waals surface area contributed by atoms with Crippen LogP contribution < -0.4 is 0 Å². The monoisotopic (exact) mass is 440 g/mol. The Labute approximate surface area is 136 Å². The van der Waals surface area contributed by atoms with Crippen LogP contribution in [-0.2, 0) is 21.1 Å². The number of rotatable bonds is 2. The molecule has 1 heterocycles. The average Bonchev–Trinajstić information content (AvgIpc) is 2.45. The van der Waals surface area contributed by atoms with Crippen molar-refractivity contribution >= 4 is 6.08 Å². The Morgan fingerprint density at radius 3 is 2.90 bits per heavy atom. The number of aliphatic hydroxyl groups excluding tert-OH is 1. The van der Waals surface area contributed by atoms with Crippen LogP contribution in [0.5, 0.6) is 0 Å². The van der Waals surface area contributed by atoms with Gasteiger partial charge < -0.3 is 5.11 Å². The largest absolute Gasteiger partial charge is 0.393 e. The number of fused-ring (bicyclic) bond motifs is 1. The van der Waals surface area contributed by atoms with Gasteiger partial charge in [0.05, 0.1) is 6.10 Å². The maximum Gasteiger partial charge on any atom is 0.0548 e. The number of aromatic nitrogens is 1. The molecule has 3 heteroatoms. The van der Waals surface area contributed by atoms with E-state index in [9.17, 15) is 5.11 Å². The minimum absolute atomic E-state index is 0. The van der Waals surface area contributed by atoms with Gasteiger partial charge in [0.2, 0.25) is 0 Å². The van der Waals surface area contributed by atoms with Gasteiger partial charge >= 0.3 is 0 Å². The van der Waals surface area contributed by atoms with E-state index >= 15 is 0 Å². The molecule has 0 unspecified atom stereocenters. The average molecular weight is 440 g/mol. The van der Waals surface area contributed by atoms with Crippen LogP contribution in [0.3, 0.4) is 0 Å². The summed E-state index contributed by atoms with van der Waals surface area (Å²) >= 11 is 0. The summed E-state index contributed by atoms with van der Waals surface area (Å²) in [5.41, 5.74) is 0.992. The smallest absolute Gasteiger partial charge is 0.0548 e. The molecule has 1 N–H and O–H groups in total. The fourth-order valence-electron chi connectivity index (χ4n) is 3.90. The molecule has 1 aromatic rings. The van der Waals surface area contributed by atoms with Crippen molar-refractivity contribution in [1.82, 2.24) is 4.98 Å². The first-order valence-corrected chi connectivity index (χ1v) is 7.51. The van der Waals surface area contributed by atoms with Crippen molar-refractivity contribution < 1.29 is 26.2 Å². The van der Waals surface area contributed by atoms with Crippen LogP contribution in [0.15, 0.2) is 24.4 Å². The summed E-state index contributed by atoms with van der Waals surface area (Å²) in [6, 6.07) is 6.81. The van der Waals surface area contributed by atoms with Crippen molar-refractivity contribution in [3.8, 4) is 0 Å². The van der Waals surface area contributed by atoms with Crippen molar-refractivity contribution in [1.29, 1.82) is 0 Å². The van der Waals surface area contributed by atoms with Crippen LogP contribution in [0.25, 0.3) is 6.08 Å². The Morgan fingerprint density at radius 1 is 1.25 bits per heavy atom. The third-order valence-electron chi connectivity index (χ3n) is 4.79. The molecule has 2 aliphatic rings. The Bertz CT molecular complexity index is 434. The van der Waals surface area contributed by atoms with E-state index in [1.54, 1.807) is 6.20 Å². The summed E-state index contributed by atoms with van der Waals surface area (Å²) in [7, 11) is 0. The molecule has 1 aromatic heterocycles. The van der Waals surface area contributed by atoms with Gasteiger partial charge in [-0.25, -0.2) is 12.1 Å². The van der Waals surface area contributed by atoms with E-state index in [4.69, 9.17) is 0 Å². The van der Waals surface area contributed by atoms with E-state index in [1.165, 1.54) is 25.7 Å². The van der Waals surface area contributed by atoms with Crippen LogP contribution in [0.2, 0.25) is 0 Å². The molecule has 0 amide bonds. The van der Waals surface area contributed by atoms with Gasteiger partial charge in [-0.15, -0.1) is 0 Å². The molecular formula is C17H22NOW-. The Balaban J connectivity index is 0.00000147. The van der Waals surface area contributed by atoms with E-state index in [0.29, 0.717) is 5.92 Å². The van der Waals surface area contributed by atoms with Crippen molar-refractivity contribution in [3.63, 3.8) is 0 Å². The van der Waals surface area contributed by atoms with Gasteiger partial charge in [-0.2, -0.15) is 6.07 Å². The fraction of sp³-hybridized carbons (Fsp3) is 0.588. The normalized spacial score (nSPS) is 33.5. The van der Waals surface area contributed by atoms with Gasteiger partial charge in [-0.1, -0.05) is 37.6 Å². The van der Waals surface area contributed by atoms with Crippen LogP contribution >= 0.6 is 0 Å². The van der Waals surface area contributed by atoms with Gasteiger partial charge in [-0.05, 0) is 42.7 Å². The maximum atomic E-state index is 10.1.